The van der Waals surface area contributed by atoms with Crippen LogP contribution in [0.25, 0.3) is 0 Å². The minimum atomic E-state index is -1.11. The highest BCUT2D eigenvalue weighted by molar-refractivity contribution is 6.06. The molecular weight excluding hydrogens is 340 g/mol. The number of anilines is 2. The summed E-state index contributed by atoms with van der Waals surface area (Å²) in [6.07, 6.45) is 1.12. The summed E-state index contributed by atoms with van der Waals surface area (Å²) < 4.78 is 0. The van der Waals surface area contributed by atoms with Gasteiger partial charge in [0.2, 0.25) is 0 Å². The maximum atomic E-state index is 12.1. The number of hydrogen-bond donors (Lipinski definition) is 3. The Labute approximate surface area is 147 Å². The van der Waals surface area contributed by atoms with E-state index in [2.05, 4.69) is 10.6 Å². The minimum Gasteiger partial charge on any atom is -0.478 e. The van der Waals surface area contributed by atoms with E-state index < -0.39 is 16.8 Å². The molecule has 0 radical (unpaired) electrons. The molecule has 0 fully saturated rings. The molecule has 0 unspecified atom stereocenters. The molecular formula is C17H12N4O5. The van der Waals surface area contributed by atoms with Crippen LogP contribution in [0.2, 0.25) is 0 Å². The van der Waals surface area contributed by atoms with Crippen LogP contribution in [0.15, 0.2) is 60.3 Å². The number of benzene rings is 2. The number of amides is 1. The summed E-state index contributed by atoms with van der Waals surface area (Å²) in [7, 11) is 0. The first-order chi connectivity index (χ1) is 12.4. The highest BCUT2D eigenvalue weighted by atomic mass is 16.6. The fourth-order valence-corrected chi connectivity index (χ4v) is 1.94. The van der Waals surface area contributed by atoms with E-state index >= 15 is 0 Å². The summed E-state index contributed by atoms with van der Waals surface area (Å²) in [4.78, 5) is 33.2. The highest BCUT2D eigenvalue weighted by Crippen LogP contribution is 2.18. The summed E-state index contributed by atoms with van der Waals surface area (Å²) in [6.45, 7) is 0. The van der Waals surface area contributed by atoms with Crippen molar-refractivity contribution in [2.45, 2.75) is 0 Å². The average Bonchev–Trinajstić information content (AvgIpc) is 2.62. The molecule has 1 amide bonds. The van der Waals surface area contributed by atoms with Crippen LogP contribution in [0.4, 0.5) is 17.1 Å². The first-order valence-electron chi connectivity index (χ1n) is 7.16. The number of nitriles is 1. The Kier molecular flexibility index (Phi) is 5.63. The fourth-order valence-electron chi connectivity index (χ4n) is 1.94. The van der Waals surface area contributed by atoms with Crippen molar-refractivity contribution in [1.29, 1.82) is 5.26 Å². The van der Waals surface area contributed by atoms with E-state index in [0.29, 0.717) is 5.69 Å². The Bertz CT molecular complexity index is 946. The first kappa shape index (κ1) is 18.2. The zero-order chi connectivity index (χ0) is 19.1. The molecule has 2 aromatic rings. The molecule has 0 aliphatic heterocycles. The maximum absolute atomic E-state index is 12.1. The number of nitrogens with one attached hydrogen (secondary N) is 2. The van der Waals surface area contributed by atoms with Crippen molar-refractivity contribution >= 4 is 28.9 Å². The Hall–Kier alpha value is -4.19. The van der Waals surface area contributed by atoms with Gasteiger partial charge in [0.15, 0.2) is 0 Å². The van der Waals surface area contributed by atoms with Gasteiger partial charge in [-0.25, -0.2) is 4.79 Å². The molecule has 0 bridgehead atoms. The lowest BCUT2D eigenvalue weighted by Crippen LogP contribution is -2.14. The van der Waals surface area contributed by atoms with Crippen LogP contribution in [-0.4, -0.2) is 21.9 Å². The number of non-ortho nitro benzene ring substituents is 1. The van der Waals surface area contributed by atoms with Crippen molar-refractivity contribution in [3.8, 4) is 6.07 Å². The van der Waals surface area contributed by atoms with Crippen molar-refractivity contribution in [3.63, 3.8) is 0 Å². The van der Waals surface area contributed by atoms with Gasteiger partial charge in [-0.2, -0.15) is 5.26 Å². The molecule has 0 saturated heterocycles. The molecule has 9 nitrogen and oxygen atoms in total. The zero-order valence-corrected chi connectivity index (χ0v) is 13.2. The largest absolute Gasteiger partial charge is 0.478 e. The quantitative estimate of drug-likeness (QED) is 0.313. The van der Waals surface area contributed by atoms with Gasteiger partial charge in [0.1, 0.15) is 11.6 Å². The summed E-state index contributed by atoms with van der Waals surface area (Å²) in [5.41, 5.74) is 0.0908. The van der Waals surface area contributed by atoms with Crippen molar-refractivity contribution in [3.05, 3.63) is 76.0 Å². The van der Waals surface area contributed by atoms with Gasteiger partial charge in [-0.1, -0.05) is 12.1 Å². The third-order valence-electron chi connectivity index (χ3n) is 3.17. The van der Waals surface area contributed by atoms with Gasteiger partial charge in [0, 0.05) is 29.7 Å². The second kappa shape index (κ2) is 8.07. The molecule has 0 aromatic heterocycles. The lowest BCUT2D eigenvalue weighted by molar-refractivity contribution is -0.384. The van der Waals surface area contributed by atoms with Crippen LogP contribution in [-0.2, 0) is 4.79 Å². The Morgan fingerprint density at radius 3 is 2.50 bits per heavy atom. The van der Waals surface area contributed by atoms with Gasteiger partial charge >= 0.3 is 5.97 Å². The number of nitrogens with zero attached hydrogens (tertiary/aromatic N) is 2. The summed E-state index contributed by atoms with van der Waals surface area (Å²) in [5.74, 6) is -1.88. The van der Waals surface area contributed by atoms with E-state index in [-0.39, 0.29) is 22.5 Å². The van der Waals surface area contributed by atoms with Crippen molar-refractivity contribution in [1.82, 2.24) is 0 Å². The zero-order valence-electron chi connectivity index (χ0n) is 13.2. The van der Waals surface area contributed by atoms with Crippen LogP contribution < -0.4 is 10.6 Å². The Morgan fingerprint density at radius 1 is 1.15 bits per heavy atom. The molecule has 2 aromatic carbocycles. The number of nitro benzene ring substituents is 1. The highest BCUT2D eigenvalue weighted by Gasteiger charge is 2.12. The van der Waals surface area contributed by atoms with Crippen LogP contribution >= 0.6 is 0 Å². The molecule has 0 spiro atoms. The third kappa shape index (κ3) is 4.65. The number of carbonyl (C=O) groups is 2. The van der Waals surface area contributed by atoms with E-state index in [1.807, 2.05) is 0 Å². The van der Waals surface area contributed by atoms with Gasteiger partial charge < -0.3 is 15.7 Å². The molecule has 26 heavy (non-hydrogen) atoms. The lowest BCUT2D eigenvalue weighted by Gasteiger charge is -2.06. The number of aromatic carboxylic acids is 1. The van der Waals surface area contributed by atoms with Gasteiger partial charge in [-0.3, -0.25) is 14.9 Å². The molecule has 130 valence electrons. The van der Waals surface area contributed by atoms with Crippen molar-refractivity contribution in [2.75, 3.05) is 10.6 Å². The summed E-state index contributed by atoms with van der Waals surface area (Å²) >= 11 is 0. The Morgan fingerprint density at radius 2 is 1.85 bits per heavy atom. The number of carbonyl (C=O) groups excluding carboxylic acids is 1. The third-order valence-corrected chi connectivity index (χ3v) is 3.17. The van der Waals surface area contributed by atoms with Gasteiger partial charge in [-0.05, 0) is 24.3 Å². The van der Waals surface area contributed by atoms with Crippen molar-refractivity contribution < 1.29 is 19.6 Å². The SMILES string of the molecule is N#C/C(=C/Nc1cccc(C(=O)O)c1)C(=O)Nc1cccc([N+](=O)[O-])c1. The summed E-state index contributed by atoms with van der Waals surface area (Å²) in [6, 6.07) is 12.8. The van der Waals surface area contributed by atoms with E-state index in [9.17, 15) is 19.7 Å². The predicted octanol–water partition coefficient (Wildman–Crippen LogP) is 2.75. The second-order valence-electron chi connectivity index (χ2n) is 4.96. The number of nitro groups is 1. The normalized spacial score (nSPS) is 10.5. The van der Waals surface area contributed by atoms with Gasteiger partial charge in [-0.15, -0.1) is 0 Å². The molecule has 2 rings (SSSR count). The fraction of sp³-hybridized carbons (Fsp3) is 0. The van der Waals surface area contributed by atoms with Crippen LogP contribution in [0.1, 0.15) is 10.4 Å². The van der Waals surface area contributed by atoms with Gasteiger partial charge in [0.05, 0.1) is 10.5 Å². The molecule has 0 aliphatic rings. The van der Waals surface area contributed by atoms with E-state index in [0.717, 1.165) is 12.3 Å². The Balaban J connectivity index is 2.13. The van der Waals surface area contributed by atoms with Crippen LogP contribution in [0.5, 0.6) is 0 Å². The van der Waals surface area contributed by atoms with Crippen LogP contribution in [0, 0.1) is 21.4 Å². The monoisotopic (exact) mass is 352 g/mol. The average molecular weight is 352 g/mol. The number of hydrogen-bond acceptors (Lipinski definition) is 6. The molecule has 3 N–H and O–H groups in total. The molecule has 0 heterocycles. The van der Waals surface area contributed by atoms with Crippen LogP contribution in [0.3, 0.4) is 0 Å². The molecule has 0 aliphatic carbocycles. The molecule has 0 atom stereocenters. The first-order valence-corrected chi connectivity index (χ1v) is 7.16. The number of rotatable bonds is 6. The lowest BCUT2D eigenvalue weighted by atomic mass is 10.2. The molecule has 0 saturated carbocycles. The van der Waals surface area contributed by atoms with E-state index in [4.69, 9.17) is 10.4 Å². The smallest absolute Gasteiger partial charge is 0.335 e. The standard InChI is InChI=1S/C17H12N4O5/c18-9-12(10-19-13-4-1-3-11(7-13)17(23)24)16(22)20-14-5-2-6-15(8-14)21(25)26/h1-8,10,19H,(H,20,22)(H,23,24)/b12-10-. The second-order valence-corrected chi connectivity index (χ2v) is 4.96. The van der Waals surface area contributed by atoms with E-state index in [1.54, 1.807) is 12.1 Å². The topological polar surface area (TPSA) is 145 Å². The maximum Gasteiger partial charge on any atom is 0.335 e. The van der Waals surface area contributed by atoms with Crippen molar-refractivity contribution in [2.24, 2.45) is 0 Å². The summed E-state index contributed by atoms with van der Waals surface area (Å²) in [5, 5.41) is 33.9. The van der Waals surface area contributed by atoms with E-state index in [1.165, 1.54) is 36.4 Å². The van der Waals surface area contributed by atoms with Gasteiger partial charge in [0.25, 0.3) is 11.6 Å². The number of carboxylic acids is 1. The predicted molar refractivity (Wildman–Crippen MR) is 92.4 cm³/mol. The number of carboxylic acid groups (broad SMARTS) is 1. The molecule has 9 heteroatoms. The minimum absolute atomic E-state index is 0.0444.